The van der Waals surface area contributed by atoms with E-state index in [-0.39, 0.29) is 10.8 Å². The molecule has 0 aromatic heterocycles. The normalized spacial score (nSPS) is 15.6. The third kappa shape index (κ3) is 4.30. The fraction of sp³-hybridized carbons (Fsp3) is 0.136. The van der Waals surface area contributed by atoms with E-state index < -0.39 is 0 Å². The molecule has 45 heavy (non-hydrogen) atoms. The topological polar surface area (TPSA) is 3.24 Å². The number of rotatable bonds is 4. The van der Waals surface area contributed by atoms with Crippen molar-refractivity contribution in [1.82, 2.24) is 0 Å². The summed E-state index contributed by atoms with van der Waals surface area (Å²) in [6.07, 6.45) is 0. The van der Waals surface area contributed by atoms with Crippen LogP contribution in [-0.4, -0.2) is 0 Å². The molecule has 7 aromatic carbocycles. The Hall–Kier alpha value is -5.14. The van der Waals surface area contributed by atoms with Crippen LogP contribution in [0.3, 0.4) is 0 Å². The van der Waals surface area contributed by atoms with Crippen LogP contribution in [-0.2, 0) is 10.8 Å². The number of nitrogens with zero attached hydrogens (tertiary/aromatic N) is 1. The second-order valence-corrected chi connectivity index (χ2v) is 13.6. The van der Waals surface area contributed by atoms with Crippen molar-refractivity contribution in [3.8, 4) is 11.1 Å². The Kier molecular flexibility index (Phi) is 6.22. The molecule has 0 amide bonds. The van der Waals surface area contributed by atoms with Crippen molar-refractivity contribution < 1.29 is 0 Å². The molecule has 0 fully saturated rings. The maximum absolute atomic E-state index is 2.50. The van der Waals surface area contributed by atoms with Crippen molar-refractivity contribution in [2.75, 3.05) is 4.90 Å². The molecular formula is C44H37N. The molecule has 1 nitrogen and oxygen atoms in total. The van der Waals surface area contributed by atoms with E-state index in [9.17, 15) is 0 Å². The van der Waals surface area contributed by atoms with E-state index in [1.54, 1.807) is 0 Å². The molecular weight excluding hydrogens is 542 g/mol. The lowest BCUT2D eigenvalue weighted by Gasteiger charge is -2.30. The lowest BCUT2D eigenvalue weighted by molar-refractivity contribution is 0.590. The fourth-order valence-electron chi connectivity index (χ4n) is 7.46. The van der Waals surface area contributed by atoms with Gasteiger partial charge in [-0.3, -0.25) is 0 Å². The van der Waals surface area contributed by atoms with Gasteiger partial charge in [-0.25, -0.2) is 0 Å². The number of fused-ring (bicyclic) bond motifs is 6. The molecule has 1 atom stereocenters. The van der Waals surface area contributed by atoms with Crippen molar-refractivity contribution in [2.45, 2.75) is 38.5 Å². The second kappa shape index (κ2) is 10.2. The van der Waals surface area contributed by atoms with Gasteiger partial charge < -0.3 is 4.90 Å². The molecule has 0 N–H and O–H groups in total. The average molecular weight is 580 g/mol. The number of hydrogen-bond donors (Lipinski definition) is 0. The predicted octanol–water partition coefficient (Wildman–Crippen LogP) is 12.1. The summed E-state index contributed by atoms with van der Waals surface area (Å²) in [5, 5.41) is 5.06. The first-order valence-electron chi connectivity index (χ1n) is 16.0. The zero-order valence-corrected chi connectivity index (χ0v) is 26.4. The van der Waals surface area contributed by atoms with Gasteiger partial charge in [-0.1, -0.05) is 130 Å². The molecule has 0 saturated carbocycles. The van der Waals surface area contributed by atoms with Gasteiger partial charge in [-0.2, -0.15) is 0 Å². The largest absolute Gasteiger partial charge is 0.310 e. The SMILES string of the molecule is CC(C)(C)c1cccc(N(c2ccccc2)c2cccc3ccc4cc5c(cc4c23)C(C)(c2ccccc2)c2ccccc2-5)c1. The minimum Gasteiger partial charge on any atom is -0.310 e. The summed E-state index contributed by atoms with van der Waals surface area (Å²) in [4.78, 5) is 2.44. The lowest BCUT2D eigenvalue weighted by Crippen LogP contribution is -2.22. The van der Waals surface area contributed by atoms with Crippen molar-refractivity contribution in [3.05, 3.63) is 174 Å². The molecule has 1 aliphatic rings. The highest BCUT2D eigenvalue weighted by Gasteiger charge is 2.41. The lowest BCUT2D eigenvalue weighted by atomic mass is 9.74. The summed E-state index contributed by atoms with van der Waals surface area (Å²) < 4.78 is 0. The maximum Gasteiger partial charge on any atom is 0.0546 e. The standard InChI is InChI=1S/C44H37N/c1-43(2,3)33-18-14-21-35(28-33)45(34-19-9-6-10-20-34)41-24-13-15-30-25-26-31-27-38-36-22-11-12-23-39(36)44(4,32-16-7-5-8-17-32)40(38)29-37(31)42(30)41/h5-29H,1-4H3. The van der Waals surface area contributed by atoms with Crippen LogP contribution in [0.15, 0.2) is 152 Å². The molecule has 0 spiro atoms. The maximum atomic E-state index is 2.50. The van der Waals surface area contributed by atoms with E-state index in [0.29, 0.717) is 0 Å². The van der Waals surface area contributed by atoms with Crippen LogP contribution < -0.4 is 4.90 Å². The molecule has 0 saturated heterocycles. The molecule has 0 radical (unpaired) electrons. The van der Waals surface area contributed by atoms with E-state index in [2.05, 4.69) is 184 Å². The highest BCUT2D eigenvalue weighted by molar-refractivity contribution is 6.16. The Morgan fingerprint density at radius 2 is 1.18 bits per heavy atom. The van der Waals surface area contributed by atoms with E-state index >= 15 is 0 Å². The second-order valence-electron chi connectivity index (χ2n) is 13.6. The van der Waals surface area contributed by atoms with Gasteiger partial charge in [0.25, 0.3) is 0 Å². The van der Waals surface area contributed by atoms with E-state index in [1.165, 1.54) is 66.3 Å². The highest BCUT2D eigenvalue weighted by Crippen LogP contribution is 2.54. The molecule has 7 aromatic rings. The summed E-state index contributed by atoms with van der Waals surface area (Å²) in [6.45, 7) is 9.26. The summed E-state index contributed by atoms with van der Waals surface area (Å²) in [7, 11) is 0. The smallest absolute Gasteiger partial charge is 0.0546 e. The van der Waals surface area contributed by atoms with Gasteiger partial charge in [0.05, 0.1) is 5.69 Å². The summed E-state index contributed by atoms with van der Waals surface area (Å²) in [6, 6.07) is 56.1. The minimum absolute atomic E-state index is 0.0429. The summed E-state index contributed by atoms with van der Waals surface area (Å²) in [5.41, 5.74) is 11.3. The molecule has 1 unspecified atom stereocenters. The van der Waals surface area contributed by atoms with Crippen LogP contribution in [0.4, 0.5) is 17.1 Å². The van der Waals surface area contributed by atoms with Gasteiger partial charge >= 0.3 is 0 Å². The van der Waals surface area contributed by atoms with Crippen LogP contribution in [0.5, 0.6) is 0 Å². The van der Waals surface area contributed by atoms with Gasteiger partial charge in [0.15, 0.2) is 0 Å². The Morgan fingerprint density at radius 1 is 0.511 bits per heavy atom. The highest BCUT2D eigenvalue weighted by atomic mass is 15.1. The third-order valence-corrected chi connectivity index (χ3v) is 9.85. The number of anilines is 3. The molecule has 0 aliphatic heterocycles. The molecule has 8 rings (SSSR count). The summed E-state index contributed by atoms with van der Waals surface area (Å²) in [5.74, 6) is 0. The zero-order chi connectivity index (χ0) is 30.8. The Balaban J connectivity index is 1.44. The average Bonchev–Trinajstić information content (AvgIpc) is 3.32. The van der Waals surface area contributed by atoms with Crippen LogP contribution in [0.2, 0.25) is 0 Å². The fourth-order valence-corrected chi connectivity index (χ4v) is 7.46. The summed E-state index contributed by atoms with van der Waals surface area (Å²) >= 11 is 0. The molecule has 0 heterocycles. The van der Waals surface area contributed by atoms with Crippen LogP contribution >= 0.6 is 0 Å². The van der Waals surface area contributed by atoms with Gasteiger partial charge in [-0.05, 0) is 104 Å². The molecule has 0 bridgehead atoms. The Morgan fingerprint density at radius 3 is 1.96 bits per heavy atom. The number of para-hydroxylation sites is 1. The Labute approximate surface area is 266 Å². The van der Waals surface area contributed by atoms with E-state index in [0.717, 1.165) is 5.69 Å². The van der Waals surface area contributed by atoms with E-state index in [4.69, 9.17) is 0 Å². The monoisotopic (exact) mass is 579 g/mol. The number of hydrogen-bond acceptors (Lipinski definition) is 1. The minimum atomic E-state index is -0.251. The van der Waals surface area contributed by atoms with Gasteiger partial charge in [0, 0.05) is 22.2 Å². The first kappa shape index (κ1) is 27.4. The van der Waals surface area contributed by atoms with Gasteiger partial charge in [-0.15, -0.1) is 0 Å². The third-order valence-electron chi connectivity index (χ3n) is 9.85. The molecule has 1 heteroatoms. The van der Waals surface area contributed by atoms with Crippen LogP contribution in [0, 0.1) is 0 Å². The molecule has 1 aliphatic carbocycles. The van der Waals surface area contributed by atoms with Crippen LogP contribution in [0.1, 0.15) is 49.9 Å². The van der Waals surface area contributed by atoms with Crippen molar-refractivity contribution in [3.63, 3.8) is 0 Å². The van der Waals surface area contributed by atoms with Crippen molar-refractivity contribution >= 4 is 38.6 Å². The first-order chi connectivity index (χ1) is 21.8. The van der Waals surface area contributed by atoms with Crippen molar-refractivity contribution in [1.29, 1.82) is 0 Å². The zero-order valence-electron chi connectivity index (χ0n) is 26.4. The quantitative estimate of drug-likeness (QED) is 0.187. The first-order valence-corrected chi connectivity index (χ1v) is 16.0. The van der Waals surface area contributed by atoms with Crippen LogP contribution in [0.25, 0.3) is 32.7 Å². The predicted molar refractivity (Wildman–Crippen MR) is 192 cm³/mol. The van der Waals surface area contributed by atoms with Gasteiger partial charge in [0.2, 0.25) is 0 Å². The van der Waals surface area contributed by atoms with Crippen molar-refractivity contribution in [2.24, 2.45) is 0 Å². The van der Waals surface area contributed by atoms with Gasteiger partial charge in [0.1, 0.15) is 0 Å². The molecule has 218 valence electrons. The van der Waals surface area contributed by atoms with E-state index in [1.807, 2.05) is 0 Å². The number of benzene rings is 7. The Bertz CT molecular complexity index is 2210.